The molecule has 154 valence electrons. The molecule has 2 aliphatic rings. The number of phenolic OH excluding ortho intramolecular Hbond substituents is 1. The highest BCUT2D eigenvalue weighted by atomic mass is 16.7. The van der Waals surface area contributed by atoms with Gasteiger partial charge in [0.2, 0.25) is 18.3 Å². The van der Waals surface area contributed by atoms with Crippen molar-refractivity contribution in [1.29, 1.82) is 0 Å². The van der Waals surface area contributed by atoms with Gasteiger partial charge in [-0.1, -0.05) is 0 Å². The number of carbonyl (C=O) groups excluding carboxylic acids is 1. The first kappa shape index (κ1) is 19.2. The number of aliphatic hydroxyl groups is 1. The number of rotatable bonds is 4. The van der Waals surface area contributed by atoms with Crippen molar-refractivity contribution in [2.75, 3.05) is 21.0 Å². The summed E-state index contributed by atoms with van der Waals surface area (Å²) < 4.78 is 27.2. The third-order valence-electron chi connectivity index (χ3n) is 5.37. The SMILES string of the molecule is COc1cc([C@H]2c3cc4c(cc3O[C@@](C)(O)[C@H]2C(C)=O)OCO4)cc(OC)c1O. The molecule has 2 heterocycles. The first-order valence-corrected chi connectivity index (χ1v) is 9.07. The van der Waals surface area contributed by atoms with Crippen LogP contribution in [0.4, 0.5) is 0 Å². The Morgan fingerprint density at radius 2 is 1.66 bits per heavy atom. The Bertz CT molecular complexity index is 956. The summed E-state index contributed by atoms with van der Waals surface area (Å²) in [6.07, 6.45) is 0. The van der Waals surface area contributed by atoms with Gasteiger partial charge in [-0.25, -0.2) is 0 Å². The lowest BCUT2D eigenvalue weighted by molar-refractivity contribution is -0.181. The molecule has 8 heteroatoms. The smallest absolute Gasteiger partial charge is 0.231 e. The van der Waals surface area contributed by atoms with Crippen molar-refractivity contribution in [3.63, 3.8) is 0 Å². The van der Waals surface area contributed by atoms with E-state index in [1.54, 1.807) is 24.3 Å². The van der Waals surface area contributed by atoms with Crippen molar-refractivity contribution in [1.82, 2.24) is 0 Å². The number of hydrogen-bond acceptors (Lipinski definition) is 8. The molecule has 0 spiro atoms. The Balaban J connectivity index is 1.98. The number of carbonyl (C=O) groups is 1. The van der Waals surface area contributed by atoms with Crippen molar-refractivity contribution in [2.45, 2.75) is 25.6 Å². The lowest BCUT2D eigenvalue weighted by Crippen LogP contribution is -2.50. The Morgan fingerprint density at radius 3 is 2.21 bits per heavy atom. The number of aromatic hydroxyl groups is 1. The van der Waals surface area contributed by atoms with Crippen LogP contribution in [0.2, 0.25) is 0 Å². The van der Waals surface area contributed by atoms with Gasteiger partial charge >= 0.3 is 0 Å². The Morgan fingerprint density at radius 1 is 1.07 bits per heavy atom. The minimum atomic E-state index is -1.77. The van der Waals surface area contributed by atoms with Gasteiger partial charge in [-0.3, -0.25) is 4.79 Å². The van der Waals surface area contributed by atoms with Gasteiger partial charge in [0, 0.05) is 24.5 Å². The number of hydrogen-bond donors (Lipinski definition) is 2. The summed E-state index contributed by atoms with van der Waals surface area (Å²) in [7, 11) is 2.85. The van der Waals surface area contributed by atoms with Gasteiger partial charge in [-0.15, -0.1) is 0 Å². The van der Waals surface area contributed by atoms with Crippen LogP contribution in [0.5, 0.6) is 34.5 Å². The van der Waals surface area contributed by atoms with E-state index in [2.05, 4.69) is 0 Å². The molecule has 2 aliphatic heterocycles. The van der Waals surface area contributed by atoms with Crippen LogP contribution in [-0.2, 0) is 4.79 Å². The lowest BCUT2D eigenvalue weighted by atomic mass is 9.72. The predicted octanol–water partition coefficient (Wildman–Crippen LogP) is 2.58. The van der Waals surface area contributed by atoms with Crippen LogP contribution in [0.15, 0.2) is 24.3 Å². The molecule has 0 amide bonds. The summed E-state index contributed by atoms with van der Waals surface area (Å²) in [5.41, 5.74) is 1.26. The Hall–Kier alpha value is -3.13. The minimum Gasteiger partial charge on any atom is -0.502 e. The summed E-state index contributed by atoms with van der Waals surface area (Å²) in [4.78, 5) is 12.6. The summed E-state index contributed by atoms with van der Waals surface area (Å²) in [5.74, 6) is -1.91. The molecule has 8 nitrogen and oxygen atoms in total. The quantitative estimate of drug-likeness (QED) is 0.804. The van der Waals surface area contributed by atoms with Gasteiger partial charge in [0.15, 0.2) is 23.0 Å². The number of methoxy groups -OCH3 is 2. The Labute approximate surface area is 167 Å². The fraction of sp³-hybridized carbons (Fsp3) is 0.381. The van der Waals surface area contributed by atoms with Crippen molar-refractivity contribution in [2.24, 2.45) is 5.92 Å². The monoisotopic (exact) mass is 402 g/mol. The molecule has 4 rings (SSSR count). The molecule has 0 aliphatic carbocycles. The van der Waals surface area contributed by atoms with Crippen LogP contribution in [0.25, 0.3) is 0 Å². The third kappa shape index (κ3) is 3.00. The van der Waals surface area contributed by atoms with E-state index in [1.165, 1.54) is 28.1 Å². The summed E-state index contributed by atoms with van der Waals surface area (Å²) in [5, 5.41) is 21.3. The number of fused-ring (bicyclic) bond motifs is 2. The van der Waals surface area contributed by atoms with E-state index in [-0.39, 0.29) is 29.8 Å². The normalized spacial score (nSPS) is 24.4. The molecule has 29 heavy (non-hydrogen) atoms. The topological polar surface area (TPSA) is 104 Å². The maximum Gasteiger partial charge on any atom is 0.231 e. The van der Waals surface area contributed by atoms with E-state index in [0.29, 0.717) is 28.4 Å². The molecule has 0 fully saturated rings. The molecule has 0 saturated heterocycles. The standard InChI is InChI=1S/C21H22O8/c1-10(22)19-18(11-5-16(25-3)20(23)17(6-11)26-4)12-7-14-15(28-9-27-14)8-13(12)29-21(19,2)24/h5-8,18-19,23-24H,9H2,1-4H3/t18-,19-,21+/m0/s1. The van der Waals surface area contributed by atoms with Crippen molar-refractivity contribution in [3.05, 3.63) is 35.4 Å². The van der Waals surface area contributed by atoms with E-state index in [4.69, 9.17) is 23.7 Å². The molecule has 0 unspecified atom stereocenters. The van der Waals surface area contributed by atoms with Gasteiger partial charge in [0.25, 0.3) is 0 Å². The maximum absolute atomic E-state index is 12.6. The molecular weight excluding hydrogens is 380 g/mol. The molecule has 0 saturated carbocycles. The van der Waals surface area contributed by atoms with E-state index in [0.717, 1.165) is 0 Å². The fourth-order valence-electron chi connectivity index (χ4n) is 4.12. The van der Waals surface area contributed by atoms with Crippen molar-refractivity contribution in [3.8, 4) is 34.5 Å². The zero-order valence-corrected chi connectivity index (χ0v) is 16.5. The first-order chi connectivity index (χ1) is 13.8. The number of ketones is 1. The molecule has 2 aromatic rings. The molecule has 0 radical (unpaired) electrons. The molecule has 2 N–H and O–H groups in total. The maximum atomic E-state index is 12.6. The summed E-state index contributed by atoms with van der Waals surface area (Å²) in [6.45, 7) is 2.94. The van der Waals surface area contributed by atoms with Crippen LogP contribution in [0.1, 0.15) is 30.9 Å². The van der Waals surface area contributed by atoms with Crippen molar-refractivity contribution < 1.29 is 38.7 Å². The van der Waals surface area contributed by atoms with Gasteiger partial charge < -0.3 is 33.9 Å². The highest BCUT2D eigenvalue weighted by Gasteiger charge is 2.50. The second-order valence-electron chi connectivity index (χ2n) is 7.24. The number of ether oxygens (including phenoxy) is 5. The third-order valence-corrected chi connectivity index (χ3v) is 5.37. The average molecular weight is 402 g/mol. The van der Waals surface area contributed by atoms with E-state index in [9.17, 15) is 15.0 Å². The van der Waals surface area contributed by atoms with Crippen LogP contribution in [-0.4, -0.2) is 42.8 Å². The molecule has 2 aromatic carbocycles. The summed E-state index contributed by atoms with van der Waals surface area (Å²) >= 11 is 0. The highest BCUT2D eigenvalue weighted by molar-refractivity contribution is 5.82. The second-order valence-corrected chi connectivity index (χ2v) is 7.24. The second kappa shape index (κ2) is 6.73. The van der Waals surface area contributed by atoms with Gasteiger partial charge in [-0.05, 0) is 30.7 Å². The van der Waals surface area contributed by atoms with E-state index in [1.807, 2.05) is 0 Å². The Kier molecular flexibility index (Phi) is 4.46. The average Bonchev–Trinajstić information content (AvgIpc) is 3.12. The van der Waals surface area contributed by atoms with Crippen LogP contribution < -0.4 is 23.7 Å². The number of benzene rings is 2. The number of phenols is 1. The van der Waals surface area contributed by atoms with E-state index < -0.39 is 17.6 Å². The van der Waals surface area contributed by atoms with Gasteiger partial charge in [0.1, 0.15) is 11.5 Å². The van der Waals surface area contributed by atoms with Crippen LogP contribution >= 0.6 is 0 Å². The summed E-state index contributed by atoms with van der Waals surface area (Å²) in [6, 6.07) is 6.63. The molecule has 3 atom stereocenters. The van der Waals surface area contributed by atoms with Crippen molar-refractivity contribution >= 4 is 5.78 Å². The zero-order chi connectivity index (χ0) is 20.9. The largest absolute Gasteiger partial charge is 0.502 e. The first-order valence-electron chi connectivity index (χ1n) is 9.07. The zero-order valence-electron chi connectivity index (χ0n) is 16.5. The predicted molar refractivity (Wildman–Crippen MR) is 101 cm³/mol. The minimum absolute atomic E-state index is 0.0796. The molecule has 0 aromatic heterocycles. The van der Waals surface area contributed by atoms with E-state index >= 15 is 0 Å². The van der Waals surface area contributed by atoms with Crippen LogP contribution in [0, 0.1) is 5.92 Å². The highest BCUT2D eigenvalue weighted by Crippen LogP contribution is 2.53. The number of Topliss-reactive ketones (excluding diaryl/α,β-unsaturated/α-hetero) is 1. The van der Waals surface area contributed by atoms with Gasteiger partial charge in [-0.2, -0.15) is 0 Å². The van der Waals surface area contributed by atoms with Crippen LogP contribution in [0.3, 0.4) is 0 Å². The lowest BCUT2D eigenvalue weighted by Gasteiger charge is -2.42. The van der Waals surface area contributed by atoms with Gasteiger partial charge in [0.05, 0.1) is 20.1 Å². The molecular formula is C21H22O8. The fourth-order valence-corrected chi connectivity index (χ4v) is 4.12. The molecule has 0 bridgehead atoms.